The first-order valence-electron chi connectivity index (χ1n) is 6.03. The van der Waals surface area contributed by atoms with Crippen molar-refractivity contribution in [2.45, 2.75) is 13.3 Å². The number of methoxy groups -OCH3 is 1. The molecule has 100 valence electrons. The molecule has 0 atom stereocenters. The van der Waals surface area contributed by atoms with Crippen molar-refractivity contribution in [1.29, 1.82) is 0 Å². The Balaban J connectivity index is 1.90. The first-order valence-corrected chi connectivity index (χ1v) is 6.85. The smallest absolute Gasteiger partial charge is 0.255 e. The molecule has 0 aliphatic rings. The molecule has 4 nitrogen and oxygen atoms in total. The van der Waals surface area contributed by atoms with Crippen LogP contribution in [0.2, 0.25) is 0 Å². The van der Waals surface area contributed by atoms with Crippen LogP contribution in [0.15, 0.2) is 30.5 Å². The molecule has 0 aliphatic heterocycles. The predicted octanol–water partition coefficient (Wildman–Crippen LogP) is 2.43. The lowest BCUT2D eigenvalue weighted by atomic mass is 10.2. The van der Waals surface area contributed by atoms with E-state index >= 15 is 0 Å². The summed E-state index contributed by atoms with van der Waals surface area (Å²) in [5, 5.41) is 3.92. The molecule has 2 rings (SSSR count). The molecule has 0 radical (unpaired) electrons. The van der Waals surface area contributed by atoms with Crippen LogP contribution in [0, 0.1) is 6.92 Å². The standard InChI is InChI=1S/C14H16N2O2S/c1-10-9-16-13(19-10)7-8-15-14(17)11-5-3-4-6-12(11)18-2/h3-6,9H,7-8H2,1-2H3,(H,15,17). The third-order valence-electron chi connectivity index (χ3n) is 2.65. The molecule has 0 unspecified atom stereocenters. The monoisotopic (exact) mass is 276 g/mol. The number of para-hydroxylation sites is 1. The zero-order chi connectivity index (χ0) is 13.7. The topological polar surface area (TPSA) is 51.2 Å². The Morgan fingerprint density at radius 3 is 2.89 bits per heavy atom. The second-order valence-electron chi connectivity index (χ2n) is 4.07. The Kier molecular flexibility index (Phi) is 4.52. The number of ether oxygens (including phenoxy) is 1. The maximum absolute atomic E-state index is 12.0. The maximum Gasteiger partial charge on any atom is 0.255 e. The average Bonchev–Trinajstić information content (AvgIpc) is 2.84. The molecule has 19 heavy (non-hydrogen) atoms. The summed E-state index contributed by atoms with van der Waals surface area (Å²) in [7, 11) is 1.56. The normalized spacial score (nSPS) is 10.2. The highest BCUT2D eigenvalue weighted by Gasteiger charge is 2.10. The fraction of sp³-hybridized carbons (Fsp3) is 0.286. The number of aromatic nitrogens is 1. The van der Waals surface area contributed by atoms with E-state index in [2.05, 4.69) is 10.3 Å². The summed E-state index contributed by atoms with van der Waals surface area (Å²) in [4.78, 5) is 17.5. The van der Waals surface area contributed by atoms with Gasteiger partial charge in [0.2, 0.25) is 0 Å². The molecule has 1 N–H and O–H groups in total. The van der Waals surface area contributed by atoms with Crippen LogP contribution in [-0.4, -0.2) is 24.5 Å². The van der Waals surface area contributed by atoms with E-state index in [1.807, 2.05) is 25.3 Å². The number of carbonyl (C=O) groups is 1. The minimum Gasteiger partial charge on any atom is -0.496 e. The number of carbonyl (C=O) groups excluding carboxylic acids is 1. The first-order chi connectivity index (χ1) is 9.20. The fourth-order valence-electron chi connectivity index (χ4n) is 1.73. The number of thiazole rings is 1. The van der Waals surface area contributed by atoms with E-state index < -0.39 is 0 Å². The first kappa shape index (κ1) is 13.5. The number of aryl methyl sites for hydroxylation is 1. The Morgan fingerprint density at radius 2 is 2.21 bits per heavy atom. The molecule has 0 saturated carbocycles. The lowest BCUT2D eigenvalue weighted by Gasteiger charge is -2.08. The lowest BCUT2D eigenvalue weighted by Crippen LogP contribution is -2.26. The van der Waals surface area contributed by atoms with Gasteiger partial charge in [0.05, 0.1) is 17.7 Å². The summed E-state index contributed by atoms with van der Waals surface area (Å²) >= 11 is 1.66. The van der Waals surface area contributed by atoms with Crippen molar-refractivity contribution in [3.8, 4) is 5.75 Å². The van der Waals surface area contributed by atoms with Crippen LogP contribution in [0.3, 0.4) is 0 Å². The number of benzene rings is 1. The molecule has 5 heteroatoms. The molecule has 0 fully saturated rings. The van der Waals surface area contributed by atoms with E-state index in [1.54, 1.807) is 30.6 Å². The van der Waals surface area contributed by atoms with Crippen molar-refractivity contribution >= 4 is 17.2 Å². The second-order valence-corrected chi connectivity index (χ2v) is 5.39. The largest absolute Gasteiger partial charge is 0.496 e. The fourth-order valence-corrected chi connectivity index (χ4v) is 2.51. The van der Waals surface area contributed by atoms with E-state index in [9.17, 15) is 4.79 Å². The van der Waals surface area contributed by atoms with Crippen LogP contribution in [0.4, 0.5) is 0 Å². The van der Waals surface area contributed by atoms with Gasteiger partial charge >= 0.3 is 0 Å². The molecule has 1 amide bonds. The van der Waals surface area contributed by atoms with Crippen molar-refractivity contribution in [3.63, 3.8) is 0 Å². The second kappa shape index (κ2) is 6.33. The minimum atomic E-state index is -0.120. The van der Waals surface area contributed by atoms with Gasteiger partial charge in [-0.1, -0.05) is 12.1 Å². The highest BCUT2D eigenvalue weighted by atomic mass is 32.1. The Morgan fingerprint density at radius 1 is 1.42 bits per heavy atom. The molecule has 1 aromatic heterocycles. The van der Waals surface area contributed by atoms with E-state index in [1.165, 1.54) is 4.88 Å². The molecule has 0 spiro atoms. The summed E-state index contributed by atoms with van der Waals surface area (Å²) in [6, 6.07) is 7.19. The van der Waals surface area contributed by atoms with E-state index in [4.69, 9.17) is 4.74 Å². The third-order valence-corrected chi connectivity index (χ3v) is 3.62. The van der Waals surface area contributed by atoms with Crippen molar-refractivity contribution in [2.24, 2.45) is 0 Å². The van der Waals surface area contributed by atoms with Gasteiger partial charge in [0.15, 0.2) is 0 Å². The maximum atomic E-state index is 12.0. The van der Waals surface area contributed by atoms with Crippen molar-refractivity contribution in [2.75, 3.05) is 13.7 Å². The van der Waals surface area contributed by atoms with Crippen molar-refractivity contribution in [1.82, 2.24) is 10.3 Å². The quantitative estimate of drug-likeness (QED) is 0.912. The van der Waals surface area contributed by atoms with Crippen LogP contribution < -0.4 is 10.1 Å². The zero-order valence-corrected chi connectivity index (χ0v) is 11.8. The van der Waals surface area contributed by atoms with Gasteiger partial charge in [-0.15, -0.1) is 11.3 Å². The summed E-state index contributed by atoms with van der Waals surface area (Å²) in [5.74, 6) is 0.468. The molecule has 0 saturated heterocycles. The van der Waals surface area contributed by atoms with Crippen LogP contribution in [-0.2, 0) is 6.42 Å². The van der Waals surface area contributed by atoms with Crippen LogP contribution >= 0.6 is 11.3 Å². The third kappa shape index (κ3) is 3.54. The summed E-state index contributed by atoms with van der Waals surface area (Å²) in [6.07, 6.45) is 2.60. The van der Waals surface area contributed by atoms with Gasteiger partial charge in [0.1, 0.15) is 5.75 Å². The number of hydrogen-bond donors (Lipinski definition) is 1. The molecular formula is C14H16N2O2S. The highest BCUT2D eigenvalue weighted by Crippen LogP contribution is 2.17. The van der Waals surface area contributed by atoms with E-state index in [-0.39, 0.29) is 5.91 Å². The molecule has 1 aromatic carbocycles. The Bertz CT molecular complexity index is 566. The SMILES string of the molecule is COc1ccccc1C(=O)NCCc1ncc(C)s1. The van der Waals surface area contributed by atoms with Crippen LogP contribution in [0.25, 0.3) is 0 Å². The molecular weight excluding hydrogens is 260 g/mol. The van der Waals surface area contributed by atoms with Crippen LogP contribution in [0.5, 0.6) is 5.75 Å². The van der Waals surface area contributed by atoms with E-state index in [0.29, 0.717) is 17.9 Å². The number of amides is 1. The van der Waals surface area contributed by atoms with Crippen molar-refractivity contribution in [3.05, 3.63) is 45.9 Å². The van der Waals surface area contributed by atoms with Gasteiger partial charge in [0.25, 0.3) is 5.91 Å². The highest BCUT2D eigenvalue weighted by molar-refractivity contribution is 7.11. The van der Waals surface area contributed by atoms with E-state index in [0.717, 1.165) is 11.4 Å². The summed E-state index contributed by atoms with van der Waals surface area (Å²) in [5.41, 5.74) is 0.556. The van der Waals surface area contributed by atoms with Gasteiger partial charge in [-0.25, -0.2) is 4.98 Å². The molecule has 0 bridgehead atoms. The van der Waals surface area contributed by atoms with Crippen molar-refractivity contribution < 1.29 is 9.53 Å². The van der Waals surface area contributed by atoms with Gasteiger partial charge in [-0.05, 0) is 19.1 Å². The molecule has 0 aliphatic carbocycles. The number of nitrogens with one attached hydrogen (secondary N) is 1. The van der Waals surface area contributed by atoms with Crippen LogP contribution in [0.1, 0.15) is 20.2 Å². The Hall–Kier alpha value is -1.88. The average molecular weight is 276 g/mol. The minimum absolute atomic E-state index is 0.120. The summed E-state index contributed by atoms with van der Waals surface area (Å²) in [6.45, 7) is 2.60. The van der Waals surface area contributed by atoms with Gasteiger partial charge in [-0.2, -0.15) is 0 Å². The number of hydrogen-bond acceptors (Lipinski definition) is 4. The molecule has 2 aromatic rings. The zero-order valence-electron chi connectivity index (χ0n) is 11.0. The van der Waals surface area contributed by atoms with Gasteiger partial charge < -0.3 is 10.1 Å². The number of nitrogens with zero attached hydrogens (tertiary/aromatic N) is 1. The van der Waals surface area contributed by atoms with Gasteiger partial charge in [0, 0.05) is 24.0 Å². The Labute approximate surface area is 116 Å². The predicted molar refractivity (Wildman–Crippen MR) is 75.9 cm³/mol. The molecule has 1 heterocycles. The lowest BCUT2D eigenvalue weighted by molar-refractivity contribution is 0.0951. The van der Waals surface area contributed by atoms with Gasteiger partial charge in [-0.3, -0.25) is 4.79 Å². The number of rotatable bonds is 5. The summed E-state index contributed by atoms with van der Waals surface area (Å²) < 4.78 is 5.16.